The zero-order valence-electron chi connectivity index (χ0n) is 18.6. The second kappa shape index (κ2) is 8.35. The first-order chi connectivity index (χ1) is 15.3. The van der Waals surface area contributed by atoms with Crippen molar-refractivity contribution in [1.29, 1.82) is 0 Å². The molecule has 3 heterocycles. The summed E-state index contributed by atoms with van der Waals surface area (Å²) in [6, 6.07) is 7.46. The number of pyridine rings is 1. The van der Waals surface area contributed by atoms with Gasteiger partial charge in [0.2, 0.25) is 5.95 Å². The average molecular weight is 435 g/mol. The number of hydrogen-bond donors (Lipinski definition) is 2. The highest BCUT2D eigenvalue weighted by Gasteiger charge is 2.22. The van der Waals surface area contributed by atoms with E-state index in [9.17, 15) is 0 Å². The van der Waals surface area contributed by atoms with Crippen LogP contribution in [-0.4, -0.2) is 55.0 Å². The van der Waals surface area contributed by atoms with Gasteiger partial charge in [0.1, 0.15) is 17.1 Å². The Morgan fingerprint density at radius 3 is 2.66 bits per heavy atom. The fourth-order valence-corrected chi connectivity index (χ4v) is 3.33. The summed E-state index contributed by atoms with van der Waals surface area (Å²) in [6.07, 6.45) is 2.22. The van der Waals surface area contributed by atoms with Crippen molar-refractivity contribution in [1.82, 2.24) is 35.2 Å². The Morgan fingerprint density at radius 2 is 1.97 bits per heavy atom. The molecule has 0 aliphatic heterocycles. The summed E-state index contributed by atoms with van der Waals surface area (Å²) >= 11 is 0. The van der Waals surface area contributed by atoms with Crippen LogP contribution >= 0.6 is 0 Å². The third-order valence-corrected chi connectivity index (χ3v) is 5.19. The van der Waals surface area contributed by atoms with E-state index in [0.29, 0.717) is 41.0 Å². The predicted octanol–water partition coefficient (Wildman–Crippen LogP) is 2.52. The van der Waals surface area contributed by atoms with Crippen LogP contribution in [0.2, 0.25) is 0 Å². The third-order valence-electron chi connectivity index (χ3n) is 5.19. The summed E-state index contributed by atoms with van der Waals surface area (Å²) in [4.78, 5) is 13.5. The number of nitrogens with zero attached hydrogens (tertiary/aromatic N) is 7. The van der Waals surface area contributed by atoms with Crippen LogP contribution in [0.5, 0.6) is 5.75 Å². The molecule has 3 N–H and O–H groups in total. The van der Waals surface area contributed by atoms with Crippen molar-refractivity contribution in [2.75, 3.05) is 25.3 Å². The molecule has 1 aromatic carbocycles. The molecule has 0 radical (unpaired) electrons. The molecular formula is C21H25N9O2. The zero-order chi connectivity index (χ0) is 22.9. The molecule has 0 aliphatic carbocycles. The molecule has 0 atom stereocenters. The summed E-state index contributed by atoms with van der Waals surface area (Å²) in [5.41, 5.74) is 8.59. The molecule has 0 spiro atoms. The molecule has 166 valence electrons. The van der Waals surface area contributed by atoms with Gasteiger partial charge in [-0.2, -0.15) is 0 Å². The lowest BCUT2D eigenvalue weighted by Gasteiger charge is -2.23. The predicted molar refractivity (Wildman–Crippen MR) is 121 cm³/mol. The first-order valence-corrected chi connectivity index (χ1v) is 9.95. The van der Waals surface area contributed by atoms with Gasteiger partial charge in [0.25, 0.3) is 0 Å². The van der Waals surface area contributed by atoms with E-state index in [2.05, 4.69) is 30.8 Å². The van der Waals surface area contributed by atoms with Gasteiger partial charge in [-0.3, -0.25) is 0 Å². The smallest absolute Gasteiger partial charge is 0.228 e. The van der Waals surface area contributed by atoms with Crippen molar-refractivity contribution in [2.24, 2.45) is 7.05 Å². The number of tetrazole rings is 1. The SMILES string of the molecule is COc1cc(-c2nnnn2C)ccc1Nc1nc(CC(C)(C)OC)c2ccnc(N)c2n1. The van der Waals surface area contributed by atoms with E-state index in [0.717, 1.165) is 16.6 Å². The molecule has 11 heteroatoms. The second-order valence-corrected chi connectivity index (χ2v) is 7.89. The first-order valence-electron chi connectivity index (χ1n) is 9.95. The Kier molecular flexibility index (Phi) is 5.57. The lowest BCUT2D eigenvalue weighted by atomic mass is 10.00. The van der Waals surface area contributed by atoms with Crippen LogP contribution < -0.4 is 15.8 Å². The number of ether oxygens (including phenoxy) is 2. The van der Waals surface area contributed by atoms with Crippen LogP contribution in [-0.2, 0) is 18.2 Å². The van der Waals surface area contributed by atoms with E-state index in [-0.39, 0.29) is 0 Å². The number of hydrogen-bond acceptors (Lipinski definition) is 10. The molecule has 0 unspecified atom stereocenters. The van der Waals surface area contributed by atoms with E-state index in [1.54, 1.807) is 32.1 Å². The highest BCUT2D eigenvalue weighted by Crippen LogP contribution is 2.32. The van der Waals surface area contributed by atoms with Crippen LogP contribution in [0, 0.1) is 0 Å². The summed E-state index contributed by atoms with van der Waals surface area (Å²) in [5, 5.41) is 15.7. The van der Waals surface area contributed by atoms with Crippen molar-refractivity contribution in [3.05, 3.63) is 36.2 Å². The Morgan fingerprint density at radius 1 is 1.16 bits per heavy atom. The highest BCUT2D eigenvalue weighted by molar-refractivity contribution is 5.90. The molecule has 0 bridgehead atoms. The fourth-order valence-electron chi connectivity index (χ4n) is 3.33. The molecule has 0 aliphatic rings. The van der Waals surface area contributed by atoms with Gasteiger partial charge in [-0.25, -0.2) is 19.6 Å². The molecule has 0 saturated carbocycles. The van der Waals surface area contributed by atoms with Crippen molar-refractivity contribution in [2.45, 2.75) is 25.9 Å². The van der Waals surface area contributed by atoms with Gasteiger partial charge in [-0.1, -0.05) is 0 Å². The lowest BCUT2D eigenvalue weighted by Crippen LogP contribution is -2.26. The van der Waals surface area contributed by atoms with Crippen LogP contribution in [0.1, 0.15) is 19.5 Å². The molecule has 4 aromatic rings. The van der Waals surface area contributed by atoms with Gasteiger partial charge in [-0.15, -0.1) is 5.10 Å². The van der Waals surface area contributed by atoms with Crippen molar-refractivity contribution in [3.8, 4) is 17.1 Å². The quantitative estimate of drug-likeness (QED) is 0.445. The van der Waals surface area contributed by atoms with Crippen molar-refractivity contribution >= 4 is 28.4 Å². The van der Waals surface area contributed by atoms with Gasteiger partial charge in [-0.05, 0) is 48.5 Å². The molecule has 0 amide bonds. The molecule has 11 nitrogen and oxygen atoms in total. The summed E-state index contributed by atoms with van der Waals surface area (Å²) < 4.78 is 12.8. The van der Waals surface area contributed by atoms with E-state index in [4.69, 9.17) is 20.2 Å². The lowest BCUT2D eigenvalue weighted by molar-refractivity contribution is 0.0227. The minimum Gasteiger partial charge on any atom is -0.495 e. The number of nitrogens with one attached hydrogen (secondary N) is 1. The summed E-state index contributed by atoms with van der Waals surface area (Å²) in [6.45, 7) is 4.00. The van der Waals surface area contributed by atoms with E-state index >= 15 is 0 Å². The molecule has 4 rings (SSSR count). The van der Waals surface area contributed by atoms with Crippen molar-refractivity contribution < 1.29 is 9.47 Å². The van der Waals surface area contributed by atoms with Crippen LogP contribution in [0.25, 0.3) is 22.3 Å². The number of nitrogen functional groups attached to an aromatic ring is 1. The normalized spacial score (nSPS) is 11.7. The standard InChI is InChI=1S/C21H25N9O2/c1-21(2,32-5)11-15-13-8-9-23-18(22)17(13)26-20(25-15)24-14-7-6-12(10-16(14)31-4)19-27-28-29-30(19)3/h6-10H,11H2,1-5H3,(H2,22,23)(H,24,25,26). The number of anilines is 3. The number of benzene rings is 1. The molecule has 0 fully saturated rings. The van der Waals surface area contributed by atoms with Gasteiger partial charge >= 0.3 is 0 Å². The van der Waals surface area contributed by atoms with Crippen LogP contribution in [0.4, 0.5) is 17.5 Å². The second-order valence-electron chi connectivity index (χ2n) is 7.89. The van der Waals surface area contributed by atoms with Gasteiger partial charge in [0, 0.05) is 37.7 Å². The van der Waals surface area contributed by atoms with E-state index in [1.165, 1.54) is 0 Å². The number of methoxy groups -OCH3 is 2. The maximum atomic E-state index is 6.12. The Bertz CT molecular complexity index is 1270. The van der Waals surface area contributed by atoms with Gasteiger partial charge < -0.3 is 20.5 Å². The zero-order valence-corrected chi connectivity index (χ0v) is 18.6. The number of nitrogens with two attached hydrogens (primary N) is 1. The molecule has 0 saturated heterocycles. The monoisotopic (exact) mass is 435 g/mol. The van der Waals surface area contributed by atoms with Gasteiger partial charge in [0.05, 0.1) is 24.1 Å². The summed E-state index contributed by atoms with van der Waals surface area (Å²) in [5.74, 6) is 1.93. The number of aromatic nitrogens is 7. The molecule has 32 heavy (non-hydrogen) atoms. The minimum absolute atomic E-state index is 0.335. The van der Waals surface area contributed by atoms with E-state index < -0.39 is 5.60 Å². The van der Waals surface area contributed by atoms with Gasteiger partial charge in [0.15, 0.2) is 5.82 Å². The maximum absolute atomic E-state index is 6.12. The Hall–Kier alpha value is -3.86. The highest BCUT2D eigenvalue weighted by atomic mass is 16.5. The first kappa shape index (κ1) is 21.4. The maximum Gasteiger partial charge on any atom is 0.228 e. The van der Waals surface area contributed by atoms with E-state index in [1.807, 2.05) is 38.1 Å². The topological polar surface area (TPSA) is 139 Å². The molecule has 3 aromatic heterocycles. The van der Waals surface area contributed by atoms with Crippen LogP contribution in [0.3, 0.4) is 0 Å². The Labute approximate surface area is 185 Å². The minimum atomic E-state index is -0.417. The average Bonchev–Trinajstić information content (AvgIpc) is 3.20. The number of rotatable bonds is 7. The van der Waals surface area contributed by atoms with Crippen LogP contribution in [0.15, 0.2) is 30.5 Å². The fraction of sp³-hybridized carbons (Fsp3) is 0.333. The number of fused-ring (bicyclic) bond motifs is 1. The van der Waals surface area contributed by atoms with Crippen molar-refractivity contribution in [3.63, 3.8) is 0 Å². The largest absolute Gasteiger partial charge is 0.495 e. The Balaban J connectivity index is 1.76. The molecular weight excluding hydrogens is 410 g/mol. The summed E-state index contributed by atoms with van der Waals surface area (Å²) in [7, 11) is 5.05. The number of aryl methyl sites for hydroxylation is 1. The third kappa shape index (κ3) is 4.14.